The number of aromatic nitrogens is 1. The highest BCUT2D eigenvalue weighted by Gasteiger charge is 2.27. The van der Waals surface area contributed by atoms with E-state index >= 15 is 0 Å². The van der Waals surface area contributed by atoms with Gasteiger partial charge >= 0.3 is 0 Å². The Morgan fingerprint density at radius 3 is 2.58 bits per heavy atom. The highest BCUT2D eigenvalue weighted by atomic mass is 32.2. The van der Waals surface area contributed by atoms with E-state index < -0.39 is 0 Å². The lowest BCUT2D eigenvalue weighted by molar-refractivity contribution is -0.128. The van der Waals surface area contributed by atoms with E-state index in [1.165, 1.54) is 42.3 Å². The van der Waals surface area contributed by atoms with Gasteiger partial charge in [0.05, 0.1) is 17.8 Å². The summed E-state index contributed by atoms with van der Waals surface area (Å²) in [5.74, 6) is 0.621. The van der Waals surface area contributed by atoms with Crippen molar-refractivity contribution in [3.8, 4) is 17.7 Å². The number of halogens is 1. The second-order valence-corrected chi connectivity index (χ2v) is 8.16. The average Bonchev–Trinajstić information content (AvgIpc) is 3.50. The zero-order chi connectivity index (χ0) is 23.2. The number of rotatable bonds is 7. The van der Waals surface area contributed by atoms with Gasteiger partial charge < -0.3 is 24.0 Å². The van der Waals surface area contributed by atoms with E-state index in [0.29, 0.717) is 43.5 Å². The molecule has 0 unspecified atom stereocenters. The van der Waals surface area contributed by atoms with Gasteiger partial charge in [0, 0.05) is 31.9 Å². The number of nitrogens with one attached hydrogen (secondary N) is 1. The van der Waals surface area contributed by atoms with Crippen molar-refractivity contribution in [3.05, 3.63) is 54.2 Å². The third-order valence-corrected chi connectivity index (χ3v) is 5.87. The Bertz CT molecular complexity index is 1150. The number of nitriles is 1. The molecule has 2 aromatic heterocycles. The molecule has 1 aliphatic heterocycles. The van der Waals surface area contributed by atoms with Gasteiger partial charge in [-0.2, -0.15) is 10.2 Å². The van der Waals surface area contributed by atoms with Gasteiger partial charge in [-0.1, -0.05) is 0 Å². The molecule has 0 aliphatic carbocycles. The standard InChI is InChI=1S/C22H20FN5O4S/c23-15-3-5-16(6-4-15)25-19(29)13-33-14-20(30)27-7-9-28(10-8-27)22-17(12-24)26-21(32-22)18-2-1-11-31-18/h1-6,11H,7-10,13-14H2,(H,25,29). The van der Waals surface area contributed by atoms with E-state index in [1.807, 2.05) is 11.0 Å². The fourth-order valence-electron chi connectivity index (χ4n) is 3.32. The summed E-state index contributed by atoms with van der Waals surface area (Å²) in [5.41, 5.74) is 0.674. The van der Waals surface area contributed by atoms with Crippen molar-refractivity contribution in [1.29, 1.82) is 5.26 Å². The van der Waals surface area contributed by atoms with E-state index in [1.54, 1.807) is 17.0 Å². The maximum Gasteiger partial charge on any atom is 0.266 e. The van der Waals surface area contributed by atoms with Crippen LogP contribution >= 0.6 is 11.8 Å². The molecule has 0 spiro atoms. The molecule has 0 radical (unpaired) electrons. The molecule has 33 heavy (non-hydrogen) atoms. The maximum atomic E-state index is 12.9. The lowest BCUT2D eigenvalue weighted by Crippen LogP contribution is -2.49. The number of hydrogen-bond donors (Lipinski definition) is 1. The van der Waals surface area contributed by atoms with Crippen LogP contribution in [-0.2, 0) is 9.59 Å². The number of carbonyl (C=O) groups is 2. The molecule has 0 atom stereocenters. The molecule has 3 heterocycles. The SMILES string of the molecule is N#Cc1nc(-c2ccco2)oc1N1CCN(C(=O)CSCC(=O)Nc2ccc(F)cc2)CC1. The van der Waals surface area contributed by atoms with Crippen molar-refractivity contribution < 1.29 is 22.8 Å². The fourth-order valence-corrected chi connectivity index (χ4v) is 4.03. The second kappa shape index (κ2) is 10.2. The van der Waals surface area contributed by atoms with E-state index in [4.69, 9.17) is 8.83 Å². The van der Waals surface area contributed by atoms with Crippen LogP contribution in [0.1, 0.15) is 5.69 Å². The third-order valence-electron chi connectivity index (χ3n) is 4.95. The molecule has 1 saturated heterocycles. The van der Waals surface area contributed by atoms with E-state index in [0.717, 1.165) is 0 Å². The van der Waals surface area contributed by atoms with Crippen molar-refractivity contribution in [3.63, 3.8) is 0 Å². The fraction of sp³-hybridized carbons (Fsp3) is 0.273. The molecule has 1 fully saturated rings. The molecule has 3 aromatic rings. The van der Waals surface area contributed by atoms with Crippen molar-refractivity contribution >= 4 is 35.1 Å². The van der Waals surface area contributed by atoms with Crippen LogP contribution in [0, 0.1) is 17.1 Å². The first-order valence-electron chi connectivity index (χ1n) is 10.1. The van der Waals surface area contributed by atoms with Gasteiger partial charge in [-0.25, -0.2) is 4.39 Å². The number of amides is 2. The largest absolute Gasteiger partial charge is 0.459 e. The lowest BCUT2D eigenvalue weighted by atomic mass is 10.3. The molecule has 1 aromatic carbocycles. The molecule has 1 N–H and O–H groups in total. The smallest absolute Gasteiger partial charge is 0.266 e. The van der Waals surface area contributed by atoms with E-state index in [9.17, 15) is 19.2 Å². The van der Waals surface area contributed by atoms with Crippen LogP contribution in [0.5, 0.6) is 0 Å². The number of carbonyl (C=O) groups excluding carboxylic acids is 2. The van der Waals surface area contributed by atoms with Gasteiger partial charge in [-0.15, -0.1) is 11.8 Å². The highest BCUT2D eigenvalue weighted by molar-refractivity contribution is 8.00. The van der Waals surface area contributed by atoms with E-state index in [2.05, 4.69) is 10.3 Å². The Kier molecular flexibility index (Phi) is 6.95. The zero-order valence-electron chi connectivity index (χ0n) is 17.5. The monoisotopic (exact) mass is 469 g/mol. The van der Waals surface area contributed by atoms with Crippen LogP contribution < -0.4 is 10.2 Å². The summed E-state index contributed by atoms with van der Waals surface area (Å²) in [6.45, 7) is 1.90. The molecule has 170 valence electrons. The molecule has 0 bridgehead atoms. The minimum Gasteiger partial charge on any atom is -0.459 e. The van der Waals surface area contributed by atoms with Crippen LogP contribution in [0.3, 0.4) is 0 Å². The van der Waals surface area contributed by atoms with Crippen molar-refractivity contribution in [2.45, 2.75) is 0 Å². The Hall–Kier alpha value is -3.78. The molecule has 11 heteroatoms. The van der Waals surface area contributed by atoms with Gasteiger partial charge in [0.15, 0.2) is 5.76 Å². The van der Waals surface area contributed by atoms with Crippen LogP contribution in [0.4, 0.5) is 16.0 Å². The first-order valence-corrected chi connectivity index (χ1v) is 11.3. The van der Waals surface area contributed by atoms with Gasteiger partial charge in [0.1, 0.15) is 11.9 Å². The van der Waals surface area contributed by atoms with Gasteiger partial charge in [-0.3, -0.25) is 9.59 Å². The Morgan fingerprint density at radius 1 is 1.15 bits per heavy atom. The molecular formula is C22H20FN5O4S. The number of nitrogens with zero attached hydrogens (tertiary/aromatic N) is 4. The number of anilines is 2. The summed E-state index contributed by atoms with van der Waals surface area (Å²) in [6, 6.07) is 10.9. The first-order chi connectivity index (χ1) is 16.0. The topological polar surface area (TPSA) is 116 Å². The van der Waals surface area contributed by atoms with Crippen LogP contribution in [0.15, 0.2) is 51.5 Å². The highest BCUT2D eigenvalue weighted by Crippen LogP contribution is 2.29. The summed E-state index contributed by atoms with van der Waals surface area (Å²) >= 11 is 1.22. The zero-order valence-corrected chi connectivity index (χ0v) is 18.3. The van der Waals surface area contributed by atoms with Crippen molar-refractivity contribution in [2.24, 2.45) is 0 Å². The number of oxazole rings is 1. The molecule has 0 saturated carbocycles. The maximum absolute atomic E-state index is 12.9. The number of hydrogen-bond acceptors (Lipinski definition) is 8. The van der Waals surface area contributed by atoms with Crippen molar-refractivity contribution in [1.82, 2.24) is 9.88 Å². The number of benzene rings is 1. The molecule has 4 rings (SSSR count). The van der Waals surface area contributed by atoms with Crippen LogP contribution in [0.25, 0.3) is 11.7 Å². The number of piperazine rings is 1. The summed E-state index contributed by atoms with van der Waals surface area (Å²) in [5, 5.41) is 12.1. The Morgan fingerprint density at radius 2 is 1.91 bits per heavy atom. The Labute approximate surface area is 193 Å². The minimum atomic E-state index is -0.377. The van der Waals surface area contributed by atoms with Crippen LogP contribution in [0.2, 0.25) is 0 Å². The van der Waals surface area contributed by atoms with Gasteiger partial charge in [0.2, 0.25) is 23.4 Å². The Balaban J connectivity index is 1.23. The quantitative estimate of drug-likeness (QED) is 0.562. The average molecular weight is 469 g/mol. The normalized spacial score (nSPS) is 13.6. The van der Waals surface area contributed by atoms with E-state index in [-0.39, 0.29) is 40.7 Å². The molecule has 1 aliphatic rings. The summed E-state index contributed by atoms with van der Waals surface area (Å²) < 4.78 is 24.0. The molecule has 9 nitrogen and oxygen atoms in total. The molecule has 2 amide bonds. The second-order valence-electron chi connectivity index (χ2n) is 7.18. The number of furan rings is 1. The van der Waals surface area contributed by atoms with Gasteiger partial charge in [-0.05, 0) is 36.4 Å². The first kappa shape index (κ1) is 22.4. The minimum absolute atomic E-state index is 0.0661. The lowest BCUT2D eigenvalue weighted by Gasteiger charge is -2.34. The molecular weight excluding hydrogens is 449 g/mol. The predicted molar refractivity (Wildman–Crippen MR) is 120 cm³/mol. The summed E-state index contributed by atoms with van der Waals surface area (Å²) in [7, 11) is 0. The number of thioether (sulfide) groups is 1. The summed E-state index contributed by atoms with van der Waals surface area (Å²) in [6.07, 6.45) is 1.50. The van der Waals surface area contributed by atoms with Crippen molar-refractivity contribution in [2.75, 3.05) is 47.9 Å². The summed E-state index contributed by atoms with van der Waals surface area (Å²) in [4.78, 5) is 32.3. The van der Waals surface area contributed by atoms with Gasteiger partial charge in [0.25, 0.3) is 5.89 Å². The third kappa shape index (κ3) is 5.53. The predicted octanol–water partition coefficient (Wildman–Crippen LogP) is 2.97. The van der Waals surface area contributed by atoms with Crippen LogP contribution in [-0.4, -0.2) is 59.4 Å².